The van der Waals surface area contributed by atoms with Crippen molar-refractivity contribution in [2.24, 2.45) is 0 Å². The van der Waals surface area contributed by atoms with Crippen LogP contribution >= 0.6 is 0 Å². The predicted octanol–water partition coefficient (Wildman–Crippen LogP) is 1.50. The smallest absolute Gasteiger partial charge is 0.251 e. The van der Waals surface area contributed by atoms with Crippen molar-refractivity contribution >= 4 is 11.8 Å². The fraction of sp³-hybridized carbons (Fsp3) is 0.440. The summed E-state index contributed by atoms with van der Waals surface area (Å²) in [5.74, 6) is 0.149. The van der Waals surface area contributed by atoms with Crippen LogP contribution in [-0.2, 0) is 16.1 Å². The number of carbonyl (C=O) groups excluding carboxylic acids is 2. The number of nitrogens with one attached hydrogen (secondary N) is 2. The lowest BCUT2D eigenvalue weighted by Crippen LogP contribution is -3.14. The maximum absolute atomic E-state index is 13.0. The molecule has 0 radical (unpaired) electrons. The van der Waals surface area contributed by atoms with Gasteiger partial charge in [-0.05, 0) is 36.6 Å². The molecule has 2 aromatic carbocycles. The van der Waals surface area contributed by atoms with Gasteiger partial charge in [0.05, 0.1) is 13.2 Å². The van der Waals surface area contributed by atoms with Crippen molar-refractivity contribution in [1.29, 1.82) is 0 Å². The standard InChI is InChI=1S/C25H31N3O3/c1-19-4-8-21(9-5-19)23(18-27-13-15-31-16-14-27)26-25(30)22-10-6-20(7-11-22)17-28-12-2-3-24(28)29/h4-11,23H,2-3,12-18H2,1H3,(H,26,30)/p+1/t23-/m0/s1. The highest BCUT2D eigenvalue weighted by molar-refractivity contribution is 5.94. The second-order valence-electron chi connectivity index (χ2n) is 8.62. The number of amides is 2. The molecule has 1 atom stereocenters. The van der Waals surface area contributed by atoms with Gasteiger partial charge in [-0.2, -0.15) is 0 Å². The second-order valence-corrected chi connectivity index (χ2v) is 8.62. The summed E-state index contributed by atoms with van der Waals surface area (Å²) < 4.78 is 5.49. The summed E-state index contributed by atoms with van der Waals surface area (Å²) in [5.41, 5.74) is 4.03. The Morgan fingerprint density at radius 3 is 2.45 bits per heavy atom. The van der Waals surface area contributed by atoms with Gasteiger partial charge >= 0.3 is 0 Å². The van der Waals surface area contributed by atoms with Crippen LogP contribution in [0.25, 0.3) is 0 Å². The third-order valence-corrected chi connectivity index (χ3v) is 6.24. The van der Waals surface area contributed by atoms with Crippen LogP contribution in [0, 0.1) is 6.92 Å². The summed E-state index contributed by atoms with van der Waals surface area (Å²) >= 11 is 0. The third kappa shape index (κ3) is 5.71. The Morgan fingerprint density at radius 1 is 1.10 bits per heavy atom. The Balaban J connectivity index is 1.43. The minimum absolute atomic E-state index is 0.0527. The summed E-state index contributed by atoms with van der Waals surface area (Å²) in [6, 6.07) is 16.0. The molecule has 4 rings (SSSR count). The van der Waals surface area contributed by atoms with Crippen molar-refractivity contribution in [3.63, 3.8) is 0 Å². The average molecular weight is 423 g/mol. The van der Waals surface area contributed by atoms with Crippen molar-refractivity contribution in [2.45, 2.75) is 32.4 Å². The number of likely N-dealkylation sites (tertiary alicyclic amines) is 1. The highest BCUT2D eigenvalue weighted by Gasteiger charge is 2.24. The highest BCUT2D eigenvalue weighted by atomic mass is 16.5. The van der Waals surface area contributed by atoms with Gasteiger partial charge < -0.3 is 19.9 Å². The minimum atomic E-state index is -0.0676. The molecular formula is C25H32N3O3+. The van der Waals surface area contributed by atoms with Crippen LogP contribution < -0.4 is 10.2 Å². The Hall–Kier alpha value is -2.70. The maximum atomic E-state index is 13.0. The van der Waals surface area contributed by atoms with E-state index in [4.69, 9.17) is 4.74 Å². The number of aryl methyl sites for hydroxylation is 1. The number of benzene rings is 2. The summed E-state index contributed by atoms with van der Waals surface area (Å²) in [7, 11) is 0. The van der Waals surface area contributed by atoms with E-state index in [-0.39, 0.29) is 17.9 Å². The normalized spacial score (nSPS) is 18.2. The van der Waals surface area contributed by atoms with E-state index < -0.39 is 0 Å². The van der Waals surface area contributed by atoms with Gasteiger partial charge in [0.2, 0.25) is 5.91 Å². The zero-order chi connectivity index (χ0) is 21.6. The molecule has 0 aliphatic carbocycles. The number of hydrogen-bond acceptors (Lipinski definition) is 3. The molecule has 2 aliphatic rings. The molecule has 0 saturated carbocycles. The number of rotatable bonds is 7. The maximum Gasteiger partial charge on any atom is 0.251 e. The zero-order valence-corrected chi connectivity index (χ0v) is 18.2. The summed E-state index contributed by atoms with van der Waals surface area (Å²) in [5, 5.41) is 3.25. The molecule has 0 unspecified atom stereocenters. The molecule has 2 fully saturated rings. The van der Waals surface area contributed by atoms with Crippen molar-refractivity contribution in [3.05, 3.63) is 70.8 Å². The van der Waals surface area contributed by atoms with E-state index in [1.54, 1.807) is 0 Å². The van der Waals surface area contributed by atoms with E-state index >= 15 is 0 Å². The number of morpholine rings is 1. The molecule has 2 aromatic rings. The molecule has 31 heavy (non-hydrogen) atoms. The van der Waals surface area contributed by atoms with E-state index in [9.17, 15) is 9.59 Å². The van der Waals surface area contributed by atoms with Gasteiger partial charge in [-0.15, -0.1) is 0 Å². The van der Waals surface area contributed by atoms with Crippen LogP contribution in [0.3, 0.4) is 0 Å². The first-order chi connectivity index (χ1) is 15.1. The highest BCUT2D eigenvalue weighted by Crippen LogP contribution is 2.16. The monoisotopic (exact) mass is 422 g/mol. The minimum Gasteiger partial charge on any atom is -0.370 e. The van der Waals surface area contributed by atoms with Crippen molar-refractivity contribution in [1.82, 2.24) is 10.2 Å². The molecule has 6 nitrogen and oxygen atoms in total. The molecule has 164 valence electrons. The van der Waals surface area contributed by atoms with Gasteiger partial charge in [-0.25, -0.2) is 0 Å². The van der Waals surface area contributed by atoms with Crippen LogP contribution in [0.2, 0.25) is 0 Å². The number of hydrogen-bond donors (Lipinski definition) is 2. The first-order valence-electron chi connectivity index (χ1n) is 11.2. The van der Waals surface area contributed by atoms with Crippen molar-refractivity contribution in [3.8, 4) is 0 Å². The summed E-state index contributed by atoms with van der Waals surface area (Å²) in [6.45, 7) is 7.81. The fourth-order valence-electron chi connectivity index (χ4n) is 4.30. The number of carbonyl (C=O) groups is 2. The molecule has 6 heteroatoms. The largest absolute Gasteiger partial charge is 0.370 e. The van der Waals surface area contributed by atoms with Crippen LogP contribution in [0.4, 0.5) is 0 Å². The molecular weight excluding hydrogens is 390 g/mol. The lowest BCUT2D eigenvalue weighted by Gasteiger charge is -2.28. The topological polar surface area (TPSA) is 63.1 Å². The van der Waals surface area contributed by atoms with Gasteiger partial charge in [0.1, 0.15) is 25.7 Å². The fourth-order valence-corrected chi connectivity index (χ4v) is 4.30. The Kier molecular flexibility index (Phi) is 6.99. The first kappa shape index (κ1) is 21.5. The van der Waals surface area contributed by atoms with E-state index in [1.165, 1.54) is 10.5 Å². The Labute approximate surface area is 184 Å². The lowest BCUT2D eigenvalue weighted by molar-refractivity contribution is -0.909. The first-order valence-corrected chi connectivity index (χ1v) is 11.2. The Morgan fingerprint density at radius 2 is 1.81 bits per heavy atom. The van der Waals surface area contributed by atoms with Crippen molar-refractivity contribution < 1.29 is 19.2 Å². The molecule has 0 aromatic heterocycles. The van der Waals surface area contributed by atoms with Crippen LogP contribution in [-0.4, -0.2) is 56.1 Å². The van der Waals surface area contributed by atoms with Gasteiger partial charge in [0.15, 0.2) is 0 Å². The molecule has 2 N–H and O–H groups in total. The quantitative estimate of drug-likeness (QED) is 0.711. The SMILES string of the molecule is Cc1ccc([C@H](C[NH+]2CCOCC2)NC(=O)c2ccc(CN3CCCC3=O)cc2)cc1. The molecule has 2 amide bonds. The van der Waals surface area contributed by atoms with Crippen LogP contribution in [0.15, 0.2) is 48.5 Å². The van der Waals surface area contributed by atoms with Gasteiger partial charge in [0, 0.05) is 25.1 Å². The van der Waals surface area contributed by atoms with Crippen molar-refractivity contribution in [2.75, 3.05) is 39.4 Å². The summed E-state index contributed by atoms with van der Waals surface area (Å²) in [6.07, 6.45) is 1.58. The Bertz CT molecular complexity index is 889. The number of nitrogens with zero attached hydrogens (tertiary/aromatic N) is 1. The van der Waals surface area contributed by atoms with Gasteiger partial charge in [-0.3, -0.25) is 9.59 Å². The predicted molar refractivity (Wildman–Crippen MR) is 119 cm³/mol. The molecule has 0 spiro atoms. The van der Waals surface area contributed by atoms with E-state index in [0.717, 1.165) is 56.9 Å². The van der Waals surface area contributed by atoms with E-state index in [2.05, 4.69) is 36.5 Å². The third-order valence-electron chi connectivity index (χ3n) is 6.24. The van der Waals surface area contributed by atoms with E-state index in [1.807, 2.05) is 29.2 Å². The lowest BCUT2D eigenvalue weighted by atomic mass is 10.0. The van der Waals surface area contributed by atoms with E-state index in [0.29, 0.717) is 18.5 Å². The number of ether oxygens (including phenoxy) is 1. The zero-order valence-electron chi connectivity index (χ0n) is 18.2. The molecule has 2 heterocycles. The molecule has 2 saturated heterocycles. The molecule has 0 bridgehead atoms. The second kappa shape index (κ2) is 10.1. The van der Waals surface area contributed by atoms with Crippen LogP contribution in [0.5, 0.6) is 0 Å². The molecule has 2 aliphatic heterocycles. The number of quaternary nitrogens is 1. The summed E-state index contributed by atoms with van der Waals surface area (Å²) in [4.78, 5) is 28.2. The van der Waals surface area contributed by atoms with Gasteiger partial charge in [0.25, 0.3) is 5.91 Å². The average Bonchev–Trinajstić information content (AvgIpc) is 3.19. The van der Waals surface area contributed by atoms with Crippen LogP contribution in [0.1, 0.15) is 45.9 Å². The van der Waals surface area contributed by atoms with Gasteiger partial charge in [-0.1, -0.05) is 42.0 Å².